The fourth-order valence-electron chi connectivity index (χ4n) is 1.38. The highest BCUT2D eigenvalue weighted by Crippen LogP contribution is 2.13. The number of ether oxygens (including phenoxy) is 1. The monoisotopic (exact) mass is 299 g/mol. The van der Waals surface area contributed by atoms with Crippen LogP contribution in [0.25, 0.3) is 0 Å². The number of alkyl carbamates (subject to hydrolysis) is 1. The number of carbonyl (C=O) groups excluding carboxylic acids is 2. The first kappa shape index (κ1) is 16.5. The lowest BCUT2D eigenvalue weighted by molar-refractivity contribution is 0.0528. The van der Waals surface area contributed by atoms with Crippen molar-refractivity contribution in [2.75, 3.05) is 13.1 Å². The zero-order valence-electron chi connectivity index (χ0n) is 12.0. The SMILES string of the molecule is CC(C)(C)OC(=O)NCCNCc1cc(C(N)=O)cs1. The summed E-state index contributed by atoms with van der Waals surface area (Å²) < 4.78 is 5.11. The maximum absolute atomic E-state index is 11.4. The van der Waals surface area contributed by atoms with Gasteiger partial charge >= 0.3 is 6.09 Å². The standard InChI is InChI=1S/C13H21N3O3S/c1-13(2,3)19-12(18)16-5-4-15-7-10-6-9(8-20-10)11(14)17/h6,8,15H,4-5,7H2,1-3H3,(H2,14,17)(H,16,18). The maximum Gasteiger partial charge on any atom is 0.407 e. The number of amides is 2. The van der Waals surface area contributed by atoms with Crippen molar-refractivity contribution in [1.82, 2.24) is 10.6 Å². The van der Waals surface area contributed by atoms with Crippen LogP contribution in [0.3, 0.4) is 0 Å². The van der Waals surface area contributed by atoms with Gasteiger partial charge < -0.3 is 21.1 Å². The molecule has 0 saturated heterocycles. The maximum atomic E-state index is 11.4. The minimum Gasteiger partial charge on any atom is -0.444 e. The third kappa shape index (κ3) is 6.53. The van der Waals surface area contributed by atoms with E-state index in [0.717, 1.165) is 4.88 Å². The van der Waals surface area contributed by atoms with Crippen LogP contribution in [0.1, 0.15) is 36.0 Å². The lowest BCUT2D eigenvalue weighted by atomic mass is 10.2. The molecule has 0 unspecified atom stereocenters. The first-order chi connectivity index (χ1) is 9.28. The minimum atomic E-state index is -0.486. The highest BCUT2D eigenvalue weighted by atomic mass is 32.1. The van der Waals surface area contributed by atoms with Crippen molar-refractivity contribution in [2.24, 2.45) is 5.73 Å². The molecule has 20 heavy (non-hydrogen) atoms. The van der Waals surface area contributed by atoms with Crippen LogP contribution in [0.5, 0.6) is 0 Å². The summed E-state index contributed by atoms with van der Waals surface area (Å²) in [7, 11) is 0. The van der Waals surface area contributed by atoms with E-state index in [1.54, 1.807) is 11.4 Å². The molecule has 0 aliphatic heterocycles. The lowest BCUT2D eigenvalue weighted by Gasteiger charge is -2.19. The molecule has 6 nitrogen and oxygen atoms in total. The molecule has 0 aromatic carbocycles. The molecule has 1 rings (SSSR count). The molecule has 4 N–H and O–H groups in total. The van der Waals surface area contributed by atoms with Crippen molar-refractivity contribution in [3.05, 3.63) is 21.9 Å². The lowest BCUT2D eigenvalue weighted by Crippen LogP contribution is -2.36. The molecule has 0 aliphatic rings. The summed E-state index contributed by atoms with van der Waals surface area (Å²) in [5, 5.41) is 7.55. The molecule has 112 valence electrons. The zero-order chi connectivity index (χ0) is 15.2. The second kappa shape index (κ2) is 7.25. The van der Waals surface area contributed by atoms with Crippen LogP contribution < -0.4 is 16.4 Å². The van der Waals surface area contributed by atoms with Gasteiger partial charge in [0.05, 0.1) is 5.56 Å². The Morgan fingerprint density at radius 1 is 1.35 bits per heavy atom. The van der Waals surface area contributed by atoms with E-state index in [2.05, 4.69) is 10.6 Å². The van der Waals surface area contributed by atoms with Gasteiger partial charge in [-0.15, -0.1) is 11.3 Å². The normalized spacial score (nSPS) is 11.2. The molecule has 0 spiro atoms. The van der Waals surface area contributed by atoms with Gasteiger partial charge in [0.25, 0.3) is 0 Å². The molecule has 0 radical (unpaired) electrons. The van der Waals surface area contributed by atoms with Crippen molar-refractivity contribution in [2.45, 2.75) is 32.9 Å². The van der Waals surface area contributed by atoms with Crippen LogP contribution in [0.15, 0.2) is 11.4 Å². The summed E-state index contributed by atoms with van der Waals surface area (Å²) in [6.45, 7) is 7.17. The number of hydrogen-bond donors (Lipinski definition) is 3. The van der Waals surface area contributed by atoms with E-state index in [4.69, 9.17) is 10.5 Å². The highest BCUT2D eigenvalue weighted by Gasteiger charge is 2.15. The van der Waals surface area contributed by atoms with Crippen LogP contribution in [0, 0.1) is 0 Å². The molecule has 1 aromatic rings. The molecule has 2 amide bonds. The predicted molar refractivity (Wildman–Crippen MR) is 78.8 cm³/mol. The van der Waals surface area contributed by atoms with E-state index in [-0.39, 0.29) is 0 Å². The van der Waals surface area contributed by atoms with Gasteiger partial charge in [-0.05, 0) is 26.8 Å². The van der Waals surface area contributed by atoms with Crippen LogP contribution in [0.2, 0.25) is 0 Å². The van der Waals surface area contributed by atoms with Crippen molar-refractivity contribution in [3.63, 3.8) is 0 Å². The fraction of sp³-hybridized carbons (Fsp3) is 0.538. The first-order valence-corrected chi connectivity index (χ1v) is 7.20. The molecule has 0 atom stereocenters. The van der Waals surface area contributed by atoms with Crippen LogP contribution in [-0.4, -0.2) is 30.7 Å². The van der Waals surface area contributed by atoms with Crippen molar-refractivity contribution in [3.8, 4) is 0 Å². The van der Waals surface area contributed by atoms with Crippen LogP contribution >= 0.6 is 11.3 Å². The summed E-state index contributed by atoms with van der Waals surface area (Å²) >= 11 is 1.47. The van der Waals surface area contributed by atoms with Crippen LogP contribution in [-0.2, 0) is 11.3 Å². The third-order valence-electron chi connectivity index (χ3n) is 2.21. The van der Waals surface area contributed by atoms with Crippen molar-refractivity contribution >= 4 is 23.3 Å². The van der Waals surface area contributed by atoms with Crippen molar-refractivity contribution < 1.29 is 14.3 Å². The highest BCUT2D eigenvalue weighted by molar-refractivity contribution is 7.10. The van der Waals surface area contributed by atoms with Crippen molar-refractivity contribution in [1.29, 1.82) is 0 Å². The van der Waals surface area contributed by atoms with Gasteiger partial charge in [-0.1, -0.05) is 0 Å². The van der Waals surface area contributed by atoms with Gasteiger partial charge in [-0.25, -0.2) is 4.79 Å². The molecular formula is C13H21N3O3S. The van der Waals surface area contributed by atoms with Gasteiger partial charge in [0, 0.05) is 29.9 Å². The average Bonchev–Trinajstić information content (AvgIpc) is 2.75. The minimum absolute atomic E-state index is 0.418. The average molecular weight is 299 g/mol. The molecule has 1 heterocycles. The second-order valence-corrected chi connectivity index (χ2v) is 6.27. The summed E-state index contributed by atoms with van der Waals surface area (Å²) in [4.78, 5) is 23.3. The Morgan fingerprint density at radius 2 is 2.05 bits per heavy atom. The smallest absolute Gasteiger partial charge is 0.407 e. The number of hydrogen-bond acceptors (Lipinski definition) is 5. The molecule has 0 fully saturated rings. The van der Waals surface area contributed by atoms with E-state index >= 15 is 0 Å². The Hall–Kier alpha value is -1.60. The summed E-state index contributed by atoms with van der Waals surface area (Å²) in [5.41, 5.74) is 5.21. The molecule has 0 saturated carbocycles. The Bertz CT molecular complexity index is 466. The third-order valence-corrected chi connectivity index (χ3v) is 3.14. The zero-order valence-corrected chi connectivity index (χ0v) is 12.8. The van der Waals surface area contributed by atoms with E-state index in [0.29, 0.717) is 25.2 Å². The van der Waals surface area contributed by atoms with Crippen LogP contribution in [0.4, 0.5) is 4.79 Å². The molecule has 0 bridgehead atoms. The molecule has 1 aromatic heterocycles. The predicted octanol–water partition coefficient (Wildman–Crippen LogP) is 1.46. The number of nitrogens with one attached hydrogen (secondary N) is 2. The van der Waals surface area contributed by atoms with Gasteiger partial charge in [-0.3, -0.25) is 4.79 Å². The van der Waals surface area contributed by atoms with E-state index in [1.807, 2.05) is 20.8 Å². The quantitative estimate of drug-likeness (QED) is 0.693. The van der Waals surface area contributed by atoms with E-state index < -0.39 is 17.6 Å². The van der Waals surface area contributed by atoms with E-state index in [9.17, 15) is 9.59 Å². The molecule has 7 heteroatoms. The first-order valence-electron chi connectivity index (χ1n) is 6.33. The Balaban J connectivity index is 2.16. The summed E-state index contributed by atoms with van der Waals surface area (Å²) in [6.07, 6.45) is -0.425. The number of rotatable bonds is 6. The molecule has 0 aliphatic carbocycles. The topological polar surface area (TPSA) is 93.4 Å². The number of primary amides is 1. The largest absolute Gasteiger partial charge is 0.444 e. The molecular weight excluding hydrogens is 278 g/mol. The second-order valence-electron chi connectivity index (χ2n) is 5.27. The fourth-order valence-corrected chi connectivity index (χ4v) is 2.22. The number of thiophene rings is 1. The number of carbonyl (C=O) groups is 2. The summed E-state index contributed by atoms with van der Waals surface area (Å²) in [6, 6.07) is 1.77. The van der Waals surface area contributed by atoms with E-state index in [1.165, 1.54) is 11.3 Å². The van der Waals surface area contributed by atoms with Gasteiger partial charge in [-0.2, -0.15) is 0 Å². The Kier molecular flexibility index (Phi) is 5.97. The van der Waals surface area contributed by atoms with Gasteiger partial charge in [0.2, 0.25) is 5.91 Å². The Labute approximate surface area is 122 Å². The van der Waals surface area contributed by atoms with Gasteiger partial charge in [0.1, 0.15) is 5.60 Å². The number of nitrogens with two attached hydrogens (primary N) is 1. The Morgan fingerprint density at radius 3 is 2.60 bits per heavy atom. The van der Waals surface area contributed by atoms with Gasteiger partial charge in [0.15, 0.2) is 0 Å². The summed E-state index contributed by atoms with van der Waals surface area (Å²) in [5.74, 6) is -0.418.